The molecule has 5 nitrogen and oxygen atoms in total. The first-order chi connectivity index (χ1) is 15.7. The first-order valence-electron chi connectivity index (χ1n) is 11.0. The van der Waals surface area contributed by atoms with Gasteiger partial charge in [-0.3, -0.25) is 9.59 Å². The van der Waals surface area contributed by atoms with Crippen LogP contribution in [0.25, 0.3) is 0 Å². The lowest BCUT2D eigenvalue weighted by molar-refractivity contribution is -0.143. The summed E-state index contributed by atoms with van der Waals surface area (Å²) in [6, 6.07) is 27.8. The van der Waals surface area contributed by atoms with Gasteiger partial charge < -0.3 is 14.4 Å². The number of para-hydroxylation sites is 2. The van der Waals surface area contributed by atoms with E-state index in [4.69, 9.17) is 9.47 Å². The summed E-state index contributed by atoms with van der Waals surface area (Å²) in [7, 11) is 0. The zero-order chi connectivity index (χ0) is 22.6. The van der Waals surface area contributed by atoms with E-state index in [2.05, 4.69) is 29.2 Å². The third-order valence-corrected chi connectivity index (χ3v) is 4.93. The minimum absolute atomic E-state index is 0.189. The molecule has 0 aromatic heterocycles. The maximum atomic E-state index is 12.1. The number of benzene rings is 3. The van der Waals surface area contributed by atoms with Gasteiger partial charge in [-0.1, -0.05) is 43.3 Å². The van der Waals surface area contributed by atoms with E-state index in [1.165, 1.54) is 0 Å². The van der Waals surface area contributed by atoms with Crippen LogP contribution in [-0.4, -0.2) is 18.5 Å². The van der Waals surface area contributed by atoms with Crippen molar-refractivity contribution in [1.29, 1.82) is 0 Å². The van der Waals surface area contributed by atoms with Crippen molar-refractivity contribution in [3.63, 3.8) is 0 Å². The number of ether oxygens (including phenoxy) is 2. The third kappa shape index (κ3) is 6.98. The highest BCUT2D eigenvalue weighted by atomic mass is 16.5. The van der Waals surface area contributed by atoms with E-state index in [1.54, 1.807) is 6.92 Å². The molecule has 0 aliphatic heterocycles. The van der Waals surface area contributed by atoms with E-state index in [0.717, 1.165) is 29.9 Å². The predicted octanol–water partition coefficient (Wildman–Crippen LogP) is 6.58. The molecule has 0 fully saturated rings. The predicted molar refractivity (Wildman–Crippen MR) is 126 cm³/mol. The fraction of sp³-hybridized carbons (Fsp3) is 0.259. The number of nitrogens with zero attached hydrogens (tertiary/aromatic N) is 1. The molecular weight excluding hydrogens is 402 g/mol. The Kier molecular flexibility index (Phi) is 8.87. The summed E-state index contributed by atoms with van der Waals surface area (Å²) in [4.78, 5) is 25.4. The molecular formula is C27H29NO4. The molecule has 0 aliphatic carbocycles. The van der Waals surface area contributed by atoms with Crippen LogP contribution in [0.15, 0.2) is 84.9 Å². The van der Waals surface area contributed by atoms with Gasteiger partial charge in [-0.05, 0) is 67.8 Å². The Bertz CT molecular complexity index is 932. The smallest absolute Gasteiger partial charge is 0.311 e. The highest BCUT2D eigenvalue weighted by molar-refractivity contribution is 5.77. The zero-order valence-electron chi connectivity index (χ0n) is 18.4. The lowest BCUT2D eigenvalue weighted by Gasteiger charge is -2.25. The molecule has 32 heavy (non-hydrogen) atoms. The van der Waals surface area contributed by atoms with Gasteiger partial charge in [0, 0.05) is 29.9 Å². The molecule has 3 aromatic carbocycles. The zero-order valence-corrected chi connectivity index (χ0v) is 18.4. The summed E-state index contributed by atoms with van der Waals surface area (Å²) < 4.78 is 10.5. The van der Waals surface area contributed by atoms with Gasteiger partial charge in [0.15, 0.2) is 0 Å². The third-order valence-electron chi connectivity index (χ3n) is 4.93. The van der Waals surface area contributed by atoms with Crippen LogP contribution in [0.3, 0.4) is 0 Å². The normalized spacial score (nSPS) is 10.4. The topological polar surface area (TPSA) is 55.8 Å². The van der Waals surface area contributed by atoms with Gasteiger partial charge in [0.05, 0.1) is 6.61 Å². The number of carbonyl (C=O) groups excluding carboxylic acids is 2. The fourth-order valence-corrected chi connectivity index (χ4v) is 3.28. The first kappa shape index (κ1) is 23.1. The molecule has 0 bridgehead atoms. The monoisotopic (exact) mass is 431 g/mol. The van der Waals surface area contributed by atoms with Crippen LogP contribution in [0.2, 0.25) is 0 Å². The number of esters is 2. The molecule has 166 valence electrons. The molecule has 0 aliphatic rings. The van der Waals surface area contributed by atoms with Gasteiger partial charge in [-0.15, -0.1) is 0 Å². The molecule has 0 saturated carbocycles. The molecule has 0 radical (unpaired) electrons. The average Bonchev–Trinajstić information content (AvgIpc) is 2.84. The number of anilines is 3. The van der Waals surface area contributed by atoms with E-state index in [-0.39, 0.29) is 11.9 Å². The van der Waals surface area contributed by atoms with Crippen molar-refractivity contribution in [3.05, 3.63) is 84.9 Å². The molecule has 0 spiro atoms. The summed E-state index contributed by atoms with van der Waals surface area (Å²) in [5.41, 5.74) is 3.07. The van der Waals surface area contributed by atoms with E-state index >= 15 is 0 Å². The Hall–Kier alpha value is -3.60. The molecule has 0 atom stereocenters. The molecule has 0 heterocycles. The fourth-order valence-electron chi connectivity index (χ4n) is 3.28. The van der Waals surface area contributed by atoms with E-state index in [0.29, 0.717) is 31.6 Å². The number of carbonyl (C=O) groups is 2. The van der Waals surface area contributed by atoms with E-state index < -0.39 is 0 Å². The molecule has 0 saturated heterocycles. The van der Waals surface area contributed by atoms with Crippen molar-refractivity contribution in [3.8, 4) is 5.75 Å². The summed E-state index contributed by atoms with van der Waals surface area (Å²) in [6.07, 6.45) is 3.00. The second-order valence-electron chi connectivity index (χ2n) is 7.36. The lowest BCUT2D eigenvalue weighted by Crippen LogP contribution is -2.10. The van der Waals surface area contributed by atoms with Crippen LogP contribution >= 0.6 is 0 Å². The number of hydrogen-bond donors (Lipinski definition) is 0. The van der Waals surface area contributed by atoms with Gasteiger partial charge >= 0.3 is 11.9 Å². The van der Waals surface area contributed by atoms with Gasteiger partial charge in [0.2, 0.25) is 0 Å². The van der Waals surface area contributed by atoms with Crippen molar-refractivity contribution >= 4 is 29.0 Å². The summed E-state index contributed by atoms with van der Waals surface area (Å²) >= 11 is 0. The van der Waals surface area contributed by atoms with Crippen molar-refractivity contribution < 1.29 is 19.1 Å². The molecule has 0 unspecified atom stereocenters. The van der Waals surface area contributed by atoms with Gasteiger partial charge in [0.25, 0.3) is 0 Å². The van der Waals surface area contributed by atoms with Crippen LogP contribution in [-0.2, 0) is 14.3 Å². The Labute approximate surface area is 189 Å². The Morgan fingerprint density at radius 1 is 0.688 bits per heavy atom. The summed E-state index contributed by atoms with van der Waals surface area (Å²) in [6.45, 7) is 2.17. The molecule has 0 N–H and O–H groups in total. The maximum absolute atomic E-state index is 12.1. The lowest BCUT2D eigenvalue weighted by atomic mass is 10.2. The van der Waals surface area contributed by atoms with Crippen LogP contribution in [0, 0.1) is 0 Å². The number of unbranched alkanes of at least 4 members (excludes halogenated alkanes) is 2. The summed E-state index contributed by atoms with van der Waals surface area (Å²) in [5.74, 6) is 0.0777. The van der Waals surface area contributed by atoms with Crippen molar-refractivity contribution in [2.75, 3.05) is 11.5 Å². The van der Waals surface area contributed by atoms with Crippen LogP contribution in [0.4, 0.5) is 17.1 Å². The molecule has 3 rings (SSSR count). The SMILES string of the molecule is CCC(=O)OCCCCCC(=O)Oc1ccc(N(c2ccccc2)c2ccccc2)cc1. The maximum Gasteiger partial charge on any atom is 0.311 e. The summed E-state index contributed by atoms with van der Waals surface area (Å²) in [5, 5.41) is 0. The van der Waals surface area contributed by atoms with Gasteiger partial charge in [0.1, 0.15) is 5.75 Å². The van der Waals surface area contributed by atoms with Gasteiger partial charge in [-0.2, -0.15) is 0 Å². The van der Waals surface area contributed by atoms with E-state index in [9.17, 15) is 9.59 Å². The quantitative estimate of drug-likeness (QED) is 0.195. The van der Waals surface area contributed by atoms with Gasteiger partial charge in [-0.25, -0.2) is 0 Å². The van der Waals surface area contributed by atoms with E-state index in [1.807, 2.05) is 60.7 Å². The highest BCUT2D eigenvalue weighted by Crippen LogP contribution is 2.34. The second kappa shape index (κ2) is 12.3. The van der Waals surface area contributed by atoms with Crippen molar-refractivity contribution in [2.24, 2.45) is 0 Å². The first-order valence-corrected chi connectivity index (χ1v) is 11.0. The van der Waals surface area contributed by atoms with Crippen molar-refractivity contribution in [2.45, 2.75) is 39.0 Å². The molecule has 3 aromatic rings. The average molecular weight is 432 g/mol. The van der Waals surface area contributed by atoms with Crippen LogP contribution < -0.4 is 9.64 Å². The standard InChI is InChI=1S/C27H29NO4/c1-2-26(29)31-21-11-5-10-16-27(30)32-25-19-17-24(18-20-25)28(22-12-6-3-7-13-22)23-14-8-4-9-15-23/h3-4,6-9,12-15,17-20H,2,5,10-11,16,21H2,1H3. The number of rotatable bonds is 11. The molecule has 0 amide bonds. The Morgan fingerprint density at radius 3 is 1.81 bits per heavy atom. The molecule has 5 heteroatoms. The second-order valence-corrected chi connectivity index (χ2v) is 7.36. The highest BCUT2D eigenvalue weighted by Gasteiger charge is 2.12. The van der Waals surface area contributed by atoms with Crippen molar-refractivity contribution in [1.82, 2.24) is 0 Å². The largest absolute Gasteiger partial charge is 0.466 e. The minimum Gasteiger partial charge on any atom is -0.466 e. The Balaban J connectivity index is 1.55. The van der Waals surface area contributed by atoms with Crippen LogP contribution in [0.1, 0.15) is 39.0 Å². The minimum atomic E-state index is -0.258. The number of hydrogen-bond acceptors (Lipinski definition) is 5. The Morgan fingerprint density at radius 2 is 1.25 bits per heavy atom. The van der Waals surface area contributed by atoms with Crippen LogP contribution in [0.5, 0.6) is 5.75 Å².